The summed E-state index contributed by atoms with van der Waals surface area (Å²) in [6.45, 7) is 0. The highest BCUT2D eigenvalue weighted by Crippen LogP contribution is 2.54. The first-order valence-electron chi connectivity index (χ1n) is 6.37. The third kappa shape index (κ3) is 2.62. The summed E-state index contributed by atoms with van der Waals surface area (Å²) in [5.74, 6) is -0.503. The van der Waals surface area contributed by atoms with Crippen LogP contribution < -0.4 is 0 Å². The van der Waals surface area contributed by atoms with Crippen molar-refractivity contribution in [3.63, 3.8) is 0 Å². The third-order valence-electron chi connectivity index (χ3n) is 4.00. The number of rotatable bonds is 4. The molecule has 0 unspecified atom stereocenters. The van der Waals surface area contributed by atoms with Gasteiger partial charge in [-0.2, -0.15) is 5.26 Å². The number of hydrogen-bond donors (Lipinski definition) is 0. The lowest BCUT2D eigenvalue weighted by Crippen LogP contribution is -2.57. The van der Waals surface area contributed by atoms with E-state index in [2.05, 4.69) is 6.07 Å². The molecule has 0 bridgehead atoms. The molecule has 96 valence electrons. The summed E-state index contributed by atoms with van der Waals surface area (Å²) in [6, 6.07) is 2.49. The molecule has 0 aliphatic heterocycles. The highest BCUT2D eigenvalue weighted by atomic mass is 32.2. The molecule has 0 N–H and O–H groups in total. The summed E-state index contributed by atoms with van der Waals surface area (Å²) < 4.78 is 10.5. The van der Waals surface area contributed by atoms with Crippen molar-refractivity contribution in [3.05, 3.63) is 0 Å². The third-order valence-corrected chi connectivity index (χ3v) is 5.64. The Morgan fingerprint density at radius 1 is 1.12 bits per heavy atom. The lowest BCUT2D eigenvalue weighted by Gasteiger charge is -2.51. The minimum atomic E-state index is -0.503. The van der Waals surface area contributed by atoms with Crippen molar-refractivity contribution in [2.75, 3.05) is 14.2 Å². The second kappa shape index (κ2) is 5.17. The topological polar surface area (TPSA) is 42.2 Å². The molecule has 4 heteroatoms. The maximum Gasteiger partial charge on any atom is 0.172 e. The largest absolute Gasteiger partial charge is 0.353 e. The summed E-state index contributed by atoms with van der Waals surface area (Å²) in [4.78, 5) is 0. The van der Waals surface area contributed by atoms with E-state index in [1.54, 1.807) is 14.2 Å². The molecule has 0 aromatic carbocycles. The summed E-state index contributed by atoms with van der Waals surface area (Å²) in [7, 11) is 3.33. The van der Waals surface area contributed by atoms with Crippen LogP contribution in [0.2, 0.25) is 0 Å². The highest BCUT2D eigenvalue weighted by molar-refractivity contribution is 8.01. The van der Waals surface area contributed by atoms with Crippen LogP contribution in [0, 0.1) is 11.3 Å². The second-order valence-electron chi connectivity index (χ2n) is 5.16. The molecule has 0 heterocycles. The first-order valence-corrected chi connectivity index (χ1v) is 7.25. The van der Waals surface area contributed by atoms with Gasteiger partial charge in [0.1, 0.15) is 4.75 Å². The van der Waals surface area contributed by atoms with E-state index in [1.165, 1.54) is 32.1 Å². The number of methoxy groups -OCH3 is 2. The fraction of sp³-hybridized carbons (Fsp3) is 0.923. The summed E-state index contributed by atoms with van der Waals surface area (Å²) in [5.41, 5.74) is 0. The van der Waals surface area contributed by atoms with Crippen molar-refractivity contribution in [1.82, 2.24) is 0 Å². The number of hydrogen-bond acceptors (Lipinski definition) is 4. The van der Waals surface area contributed by atoms with Crippen molar-refractivity contribution in [2.45, 2.75) is 60.7 Å². The van der Waals surface area contributed by atoms with Crippen LogP contribution in [0.15, 0.2) is 0 Å². The molecule has 2 aliphatic rings. The predicted molar refractivity (Wildman–Crippen MR) is 68.8 cm³/mol. The fourth-order valence-corrected chi connectivity index (χ4v) is 4.75. The van der Waals surface area contributed by atoms with E-state index in [-0.39, 0.29) is 4.75 Å². The van der Waals surface area contributed by atoms with Crippen molar-refractivity contribution < 1.29 is 9.47 Å². The first-order chi connectivity index (χ1) is 8.17. The maximum atomic E-state index is 9.41. The molecule has 0 atom stereocenters. The smallest absolute Gasteiger partial charge is 0.172 e. The standard InChI is InChI=1S/C13H21NO2S/c1-15-13(16-2)8-12(9-13,10-14)17-11-6-4-3-5-7-11/h11H,3-9H2,1-2H3. The Hall–Kier alpha value is -0.240. The van der Waals surface area contributed by atoms with Gasteiger partial charge in [-0.1, -0.05) is 19.3 Å². The van der Waals surface area contributed by atoms with Crippen LogP contribution in [-0.4, -0.2) is 30.0 Å². The molecule has 0 aromatic rings. The molecule has 2 rings (SSSR count). The molecular weight excluding hydrogens is 234 g/mol. The number of nitriles is 1. The van der Waals surface area contributed by atoms with Crippen LogP contribution in [0.1, 0.15) is 44.9 Å². The van der Waals surface area contributed by atoms with E-state index in [0.717, 1.165) is 0 Å². The van der Waals surface area contributed by atoms with Crippen LogP contribution in [0.5, 0.6) is 0 Å². The Morgan fingerprint density at radius 3 is 2.18 bits per heavy atom. The SMILES string of the molecule is COC1(OC)CC(C#N)(SC2CCCCC2)C1. The van der Waals surface area contributed by atoms with E-state index in [0.29, 0.717) is 18.1 Å². The molecular formula is C13H21NO2S. The Bertz CT molecular complexity index is 295. The lowest BCUT2D eigenvalue weighted by atomic mass is 9.78. The van der Waals surface area contributed by atoms with Gasteiger partial charge in [0.15, 0.2) is 5.79 Å². The number of ether oxygens (including phenoxy) is 2. The van der Waals surface area contributed by atoms with Crippen molar-refractivity contribution in [3.8, 4) is 6.07 Å². The lowest BCUT2D eigenvalue weighted by molar-refractivity contribution is -0.255. The molecule has 2 aliphatic carbocycles. The Balaban J connectivity index is 1.92. The van der Waals surface area contributed by atoms with Gasteiger partial charge in [0.2, 0.25) is 0 Å². The Labute approximate surface area is 108 Å². The molecule has 2 fully saturated rings. The Kier molecular flexibility index (Phi) is 4.02. The Morgan fingerprint density at radius 2 is 1.71 bits per heavy atom. The van der Waals surface area contributed by atoms with E-state index in [9.17, 15) is 5.26 Å². The highest BCUT2D eigenvalue weighted by Gasteiger charge is 2.57. The monoisotopic (exact) mass is 255 g/mol. The molecule has 2 saturated carbocycles. The summed E-state index contributed by atoms with van der Waals surface area (Å²) >= 11 is 1.87. The molecule has 0 radical (unpaired) electrons. The van der Waals surface area contributed by atoms with Crippen LogP contribution >= 0.6 is 11.8 Å². The molecule has 0 saturated heterocycles. The molecule has 17 heavy (non-hydrogen) atoms. The van der Waals surface area contributed by atoms with E-state index >= 15 is 0 Å². The molecule has 0 spiro atoms. The van der Waals surface area contributed by atoms with Gasteiger partial charge >= 0.3 is 0 Å². The van der Waals surface area contributed by atoms with Crippen molar-refractivity contribution in [1.29, 1.82) is 5.26 Å². The average Bonchev–Trinajstić information content (AvgIpc) is 2.35. The normalized spacial score (nSPS) is 27.1. The van der Waals surface area contributed by atoms with Gasteiger partial charge in [-0.15, -0.1) is 11.8 Å². The van der Waals surface area contributed by atoms with Crippen molar-refractivity contribution >= 4 is 11.8 Å². The zero-order chi connectivity index (χ0) is 12.4. The van der Waals surface area contributed by atoms with Crippen LogP contribution in [0.3, 0.4) is 0 Å². The summed E-state index contributed by atoms with van der Waals surface area (Å²) in [6.07, 6.45) is 7.92. The van der Waals surface area contributed by atoms with Gasteiger partial charge in [-0.25, -0.2) is 0 Å². The molecule has 0 aromatic heterocycles. The van der Waals surface area contributed by atoms with Gasteiger partial charge < -0.3 is 9.47 Å². The van der Waals surface area contributed by atoms with Gasteiger partial charge in [0.05, 0.1) is 6.07 Å². The minimum Gasteiger partial charge on any atom is -0.353 e. The van der Waals surface area contributed by atoms with Gasteiger partial charge in [0.25, 0.3) is 0 Å². The van der Waals surface area contributed by atoms with E-state index in [1.807, 2.05) is 11.8 Å². The molecule has 3 nitrogen and oxygen atoms in total. The van der Waals surface area contributed by atoms with Crippen LogP contribution in [0.4, 0.5) is 0 Å². The summed E-state index contributed by atoms with van der Waals surface area (Å²) in [5, 5.41) is 10.1. The average molecular weight is 255 g/mol. The van der Waals surface area contributed by atoms with E-state index in [4.69, 9.17) is 9.47 Å². The van der Waals surface area contributed by atoms with Crippen molar-refractivity contribution in [2.24, 2.45) is 0 Å². The second-order valence-corrected chi connectivity index (χ2v) is 6.84. The predicted octanol–water partition coefficient (Wildman–Crippen LogP) is 3.10. The fourth-order valence-electron chi connectivity index (χ4n) is 2.88. The quantitative estimate of drug-likeness (QED) is 0.724. The first kappa shape index (κ1) is 13.2. The number of thioether (sulfide) groups is 1. The van der Waals surface area contributed by atoms with Crippen LogP contribution in [-0.2, 0) is 9.47 Å². The van der Waals surface area contributed by atoms with Gasteiger partial charge in [0, 0.05) is 32.3 Å². The zero-order valence-electron chi connectivity index (χ0n) is 10.7. The van der Waals surface area contributed by atoms with Crippen LogP contribution in [0.25, 0.3) is 0 Å². The molecule has 0 amide bonds. The van der Waals surface area contributed by atoms with Gasteiger partial charge in [-0.3, -0.25) is 0 Å². The minimum absolute atomic E-state index is 0.270. The maximum absolute atomic E-state index is 9.41. The zero-order valence-corrected chi connectivity index (χ0v) is 11.5. The van der Waals surface area contributed by atoms with Gasteiger partial charge in [-0.05, 0) is 12.8 Å². The number of nitrogens with zero attached hydrogens (tertiary/aromatic N) is 1. The van der Waals surface area contributed by atoms with E-state index < -0.39 is 5.79 Å².